The highest BCUT2D eigenvalue weighted by molar-refractivity contribution is 6.03. The maximum absolute atomic E-state index is 6.19. The van der Waals surface area contributed by atoms with Gasteiger partial charge < -0.3 is 10.1 Å². The van der Waals surface area contributed by atoms with Crippen LogP contribution in [0.15, 0.2) is 97.1 Å². The number of hydrogen-bond acceptors (Lipinski definition) is 2. The molecule has 0 spiro atoms. The fourth-order valence-corrected chi connectivity index (χ4v) is 5.58. The van der Waals surface area contributed by atoms with Crippen LogP contribution in [0.1, 0.15) is 36.4 Å². The molecule has 0 saturated heterocycles. The summed E-state index contributed by atoms with van der Waals surface area (Å²) in [5.41, 5.74) is 4.89. The third-order valence-corrected chi connectivity index (χ3v) is 6.96. The number of allylic oxidation sites excluding steroid dienone is 2. The lowest BCUT2D eigenvalue weighted by molar-refractivity contribution is 0.349. The molecule has 2 aliphatic rings. The van der Waals surface area contributed by atoms with Crippen molar-refractivity contribution in [1.29, 1.82) is 0 Å². The maximum atomic E-state index is 6.19. The number of anilines is 1. The molecule has 0 amide bonds. The molecule has 0 bridgehead atoms. The van der Waals surface area contributed by atoms with Crippen molar-refractivity contribution in [3.05, 3.63) is 108 Å². The SMILES string of the molecule is C=C(C)COc1cccc2c1NC(c1c3ccccc3cc3ccccc13)C1CC=CC21. The average Bonchev–Trinajstić information content (AvgIpc) is 3.31. The molecule has 0 aromatic heterocycles. The zero-order valence-electron chi connectivity index (χ0n) is 18.3. The Labute approximate surface area is 189 Å². The van der Waals surface area contributed by atoms with Gasteiger partial charge in [-0.2, -0.15) is 0 Å². The fraction of sp³-hybridized carbons (Fsp3) is 0.200. The van der Waals surface area contributed by atoms with Gasteiger partial charge in [-0.3, -0.25) is 0 Å². The van der Waals surface area contributed by atoms with Crippen molar-refractivity contribution in [2.24, 2.45) is 5.92 Å². The molecule has 1 aliphatic carbocycles. The minimum absolute atomic E-state index is 0.202. The first-order chi connectivity index (χ1) is 15.7. The van der Waals surface area contributed by atoms with Crippen LogP contribution in [-0.2, 0) is 0 Å². The molecule has 3 atom stereocenters. The molecular weight excluding hydrogens is 390 g/mol. The molecule has 0 saturated carbocycles. The van der Waals surface area contributed by atoms with Crippen molar-refractivity contribution >= 4 is 27.2 Å². The van der Waals surface area contributed by atoms with Crippen LogP contribution in [0.3, 0.4) is 0 Å². The van der Waals surface area contributed by atoms with Gasteiger partial charge in [-0.05, 0) is 69.6 Å². The van der Waals surface area contributed by atoms with Gasteiger partial charge in [0.05, 0.1) is 11.7 Å². The molecule has 2 heteroatoms. The van der Waals surface area contributed by atoms with Crippen molar-refractivity contribution in [1.82, 2.24) is 0 Å². The largest absolute Gasteiger partial charge is 0.487 e. The Morgan fingerprint density at radius 1 is 0.969 bits per heavy atom. The average molecular weight is 418 g/mol. The second kappa shape index (κ2) is 7.56. The highest BCUT2D eigenvalue weighted by atomic mass is 16.5. The highest BCUT2D eigenvalue weighted by Gasteiger charge is 2.40. The zero-order valence-corrected chi connectivity index (χ0v) is 18.3. The van der Waals surface area contributed by atoms with Crippen LogP contribution in [0.4, 0.5) is 5.69 Å². The Morgan fingerprint density at radius 2 is 1.69 bits per heavy atom. The summed E-state index contributed by atoms with van der Waals surface area (Å²) >= 11 is 0. The fourth-order valence-electron chi connectivity index (χ4n) is 5.58. The number of benzene rings is 4. The number of hydrogen-bond donors (Lipinski definition) is 1. The number of fused-ring (bicyclic) bond motifs is 5. The first-order valence-electron chi connectivity index (χ1n) is 11.4. The van der Waals surface area contributed by atoms with E-state index in [1.807, 2.05) is 6.92 Å². The Kier molecular flexibility index (Phi) is 4.53. The Morgan fingerprint density at radius 3 is 2.41 bits per heavy atom. The van der Waals surface area contributed by atoms with Crippen LogP contribution in [0.5, 0.6) is 5.75 Å². The van der Waals surface area contributed by atoms with Crippen LogP contribution >= 0.6 is 0 Å². The number of ether oxygens (including phenoxy) is 1. The number of para-hydroxylation sites is 1. The van der Waals surface area contributed by atoms with Gasteiger partial charge in [0.25, 0.3) is 0 Å². The lowest BCUT2D eigenvalue weighted by Crippen LogP contribution is -2.29. The normalized spacial score (nSPS) is 21.2. The molecule has 0 fully saturated rings. The van der Waals surface area contributed by atoms with Gasteiger partial charge in [-0.15, -0.1) is 0 Å². The highest BCUT2D eigenvalue weighted by Crippen LogP contribution is 2.54. The molecule has 32 heavy (non-hydrogen) atoms. The van der Waals surface area contributed by atoms with Crippen LogP contribution in [-0.4, -0.2) is 6.61 Å². The molecule has 1 heterocycles. The van der Waals surface area contributed by atoms with Gasteiger partial charge in [-0.25, -0.2) is 0 Å². The van der Waals surface area contributed by atoms with E-state index in [2.05, 4.69) is 96.8 Å². The predicted octanol–water partition coefficient (Wildman–Crippen LogP) is 7.77. The summed E-state index contributed by atoms with van der Waals surface area (Å²) in [5.74, 6) is 1.79. The summed E-state index contributed by atoms with van der Waals surface area (Å²) in [6.07, 6.45) is 5.83. The minimum atomic E-state index is 0.202. The monoisotopic (exact) mass is 417 g/mol. The molecule has 6 rings (SSSR count). The summed E-state index contributed by atoms with van der Waals surface area (Å²) < 4.78 is 6.19. The molecule has 158 valence electrons. The second-order valence-electron chi connectivity index (χ2n) is 9.17. The van der Waals surface area contributed by atoms with Crippen molar-refractivity contribution in [2.75, 3.05) is 11.9 Å². The lowest BCUT2D eigenvalue weighted by atomic mass is 9.75. The summed E-state index contributed by atoms with van der Waals surface area (Å²) in [6, 6.07) is 26.5. The first kappa shape index (κ1) is 19.2. The lowest BCUT2D eigenvalue weighted by Gasteiger charge is -2.39. The molecule has 1 aliphatic heterocycles. The van der Waals surface area contributed by atoms with Crippen molar-refractivity contribution < 1.29 is 4.74 Å². The van der Waals surface area contributed by atoms with Crippen molar-refractivity contribution in [3.63, 3.8) is 0 Å². The minimum Gasteiger partial charge on any atom is -0.487 e. The van der Waals surface area contributed by atoms with Gasteiger partial charge in [0, 0.05) is 5.92 Å². The van der Waals surface area contributed by atoms with Crippen molar-refractivity contribution in [2.45, 2.75) is 25.3 Å². The summed E-state index contributed by atoms with van der Waals surface area (Å²) in [5, 5.41) is 9.22. The van der Waals surface area contributed by atoms with Gasteiger partial charge in [0.15, 0.2) is 0 Å². The van der Waals surface area contributed by atoms with Gasteiger partial charge in [0.2, 0.25) is 0 Å². The Balaban J connectivity index is 1.57. The zero-order chi connectivity index (χ0) is 21.7. The van der Waals surface area contributed by atoms with E-state index < -0.39 is 0 Å². The van der Waals surface area contributed by atoms with Crippen molar-refractivity contribution in [3.8, 4) is 5.75 Å². The maximum Gasteiger partial charge on any atom is 0.143 e. The van der Waals surface area contributed by atoms with E-state index in [9.17, 15) is 0 Å². The number of rotatable bonds is 4. The topological polar surface area (TPSA) is 21.3 Å². The smallest absolute Gasteiger partial charge is 0.143 e. The van der Waals surface area contributed by atoms with E-state index >= 15 is 0 Å². The van der Waals surface area contributed by atoms with Crippen LogP contribution < -0.4 is 10.1 Å². The third-order valence-electron chi connectivity index (χ3n) is 6.96. The predicted molar refractivity (Wildman–Crippen MR) is 135 cm³/mol. The summed E-state index contributed by atoms with van der Waals surface area (Å²) in [4.78, 5) is 0. The molecule has 4 aromatic rings. The van der Waals surface area contributed by atoms with Gasteiger partial charge in [0.1, 0.15) is 12.4 Å². The molecule has 2 nitrogen and oxygen atoms in total. The quantitative estimate of drug-likeness (QED) is 0.270. The number of nitrogens with one attached hydrogen (secondary N) is 1. The molecule has 3 unspecified atom stereocenters. The Hall–Kier alpha value is -3.52. The van der Waals surface area contributed by atoms with E-state index in [0.717, 1.165) is 23.4 Å². The summed E-state index contributed by atoms with van der Waals surface area (Å²) in [6.45, 7) is 6.54. The van der Waals surface area contributed by atoms with Crippen LogP contribution in [0, 0.1) is 5.92 Å². The molecule has 0 radical (unpaired) electrons. The first-order valence-corrected chi connectivity index (χ1v) is 11.4. The molecular formula is C30H27NO. The second-order valence-corrected chi connectivity index (χ2v) is 9.17. The summed E-state index contributed by atoms with van der Waals surface area (Å²) in [7, 11) is 0. The van der Waals surface area contributed by atoms with Crippen LogP contribution in [0.2, 0.25) is 0 Å². The van der Waals surface area contributed by atoms with E-state index in [4.69, 9.17) is 4.74 Å². The standard InChI is InChI=1S/C30H27NO/c1-19(2)18-32-27-16-8-15-25-24-13-7-14-26(24)30(31-29(25)27)28-22-11-5-3-9-20(22)17-21-10-4-6-12-23(21)28/h3-13,15-17,24,26,30-31H,1,14,18H2,2H3. The van der Waals surface area contributed by atoms with Gasteiger partial charge >= 0.3 is 0 Å². The van der Waals surface area contributed by atoms with Gasteiger partial charge in [-0.1, -0.05) is 79.4 Å². The third kappa shape index (κ3) is 3.02. The Bertz CT molecular complexity index is 1330. The molecule has 1 N–H and O–H groups in total. The van der Waals surface area contributed by atoms with E-state index in [1.54, 1.807) is 0 Å². The van der Waals surface area contributed by atoms with Crippen LogP contribution in [0.25, 0.3) is 21.5 Å². The van der Waals surface area contributed by atoms with E-state index in [0.29, 0.717) is 18.4 Å². The van der Waals surface area contributed by atoms with E-state index in [-0.39, 0.29) is 6.04 Å². The molecule has 4 aromatic carbocycles. The van der Waals surface area contributed by atoms with E-state index in [1.165, 1.54) is 32.7 Å².